The maximum absolute atomic E-state index is 11.3. The number of nitro groups is 1. The maximum atomic E-state index is 11.3. The minimum Gasteiger partial charge on any atom is -0.351 e. The van der Waals surface area contributed by atoms with E-state index in [1.807, 2.05) is 0 Å². The van der Waals surface area contributed by atoms with Crippen LogP contribution < -0.4 is 5.32 Å². The third-order valence-electron chi connectivity index (χ3n) is 4.23. The van der Waals surface area contributed by atoms with Crippen LogP contribution in [0.3, 0.4) is 0 Å². The fraction of sp³-hybridized carbons (Fsp3) is 0.533. The summed E-state index contributed by atoms with van der Waals surface area (Å²) in [4.78, 5) is 26.5. The Hall–Kier alpha value is -2.51. The lowest BCUT2D eigenvalue weighted by atomic mass is 9.87. The van der Waals surface area contributed by atoms with Crippen molar-refractivity contribution in [3.63, 3.8) is 0 Å². The van der Waals surface area contributed by atoms with Gasteiger partial charge in [-0.1, -0.05) is 19.8 Å². The Balaban J connectivity index is 1.94. The standard InChI is InChI=1S/C15H20N6O2/c1-9-4-3-5-11(8-9)19-15-18-10(2)13(21(22)23)12(20-15)14-16-6-7-17-14/h6-7,9,11H,3-5,8H2,1-2H3,(H,16,17)(H,18,19,20). The molecular weight excluding hydrogens is 296 g/mol. The number of nitrogens with one attached hydrogen (secondary N) is 2. The lowest BCUT2D eigenvalue weighted by Crippen LogP contribution is -2.27. The summed E-state index contributed by atoms with van der Waals surface area (Å²) in [6.07, 6.45) is 7.72. The average molecular weight is 316 g/mol. The van der Waals surface area contributed by atoms with Crippen molar-refractivity contribution >= 4 is 11.6 Å². The number of nitrogens with zero attached hydrogens (tertiary/aromatic N) is 4. The number of hydrogen-bond donors (Lipinski definition) is 2. The van der Waals surface area contributed by atoms with E-state index in [1.165, 1.54) is 12.8 Å². The molecule has 3 rings (SSSR count). The molecule has 0 aromatic carbocycles. The second kappa shape index (κ2) is 6.31. The van der Waals surface area contributed by atoms with Crippen LogP contribution in [-0.2, 0) is 0 Å². The minimum atomic E-state index is -0.459. The van der Waals surface area contributed by atoms with E-state index in [1.54, 1.807) is 19.3 Å². The molecule has 0 amide bonds. The van der Waals surface area contributed by atoms with Gasteiger partial charge in [0.1, 0.15) is 5.69 Å². The summed E-state index contributed by atoms with van der Waals surface area (Å²) in [6.45, 7) is 3.87. The van der Waals surface area contributed by atoms with Crippen molar-refractivity contribution in [3.05, 3.63) is 28.2 Å². The number of anilines is 1. The summed E-state index contributed by atoms with van der Waals surface area (Å²) in [7, 11) is 0. The first-order chi connectivity index (χ1) is 11.0. The Bertz CT molecular complexity index is 700. The summed E-state index contributed by atoms with van der Waals surface area (Å²) in [5.41, 5.74) is 0.448. The van der Waals surface area contributed by atoms with E-state index < -0.39 is 4.92 Å². The van der Waals surface area contributed by atoms with Gasteiger partial charge in [0.2, 0.25) is 5.95 Å². The van der Waals surface area contributed by atoms with Crippen LogP contribution in [0, 0.1) is 23.0 Å². The molecule has 2 N–H and O–H groups in total. The van der Waals surface area contributed by atoms with Crippen LogP contribution in [0.5, 0.6) is 0 Å². The first-order valence-corrected chi connectivity index (χ1v) is 7.84. The van der Waals surface area contributed by atoms with Crippen molar-refractivity contribution in [2.45, 2.75) is 45.6 Å². The Morgan fingerprint density at radius 1 is 1.39 bits per heavy atom. The van der Waals surface area contributed by atoms with Crippen LogP contribution >= 0.6 is 0 Å². The van der Waals surface area contributed by atoms with Crippen LogP contribution in [0.25, 0.3) is 11.5 Å². The van der Waals surface area contributed by atoms with Gasteiger partial charge in [0.25, 0.3) is 0 Å². The zero-order chi connectivity index (χ0) is 16.4. The highest BCUT2D eigenvalue weighted by molar-refractivity contribution is 5.66. The van der Waals surface area contributed by atoms with Gasteiger partial charge >= 0.3 is 5.69 Å². The molecule has 0 bridgehead atoms. The smallest absolute Gasteiger partial charge is 0.319 e. The highest BCUT2D eigenvalue weighted by atomic mass is 16.6. The third kappa shape index (κ3) is 3.30. The van der Waals surface area contributed by atoms with Crippen molar-refractivity contribution < 1.29 is 4.92 Å². The number of aromatic amines is 1. The van der Waals surface area contributed by atoms with Crippen molar-refractivity contribution in [1.29, 1.82) is 0 Å². The van der Waals surface area contributed by atoms with E-state index in [0.717, 1.165) is 12.8 Å². The predicted octanol–water partition coefficient (Wildman–Crippen LogP) is 3.07. The van der Waals surface area contributed by atoms with E-state index in [-0.39, 0.29) is 11.4 Å². The number of rotatable bonds is 4. The second-order valence-electron chi connectivity index (χ2n) is 6.14. The van der Waals surface area contributed by atoms with Crippen LogP contribution in [0.2, 0.25) is 0 Å². The molecule has 8 heteroatoms. The van der Waals surface area contributed by atoms with Gasteiger partial charge in [-0.15, -0.1) is 0 Å². The lowest BCUT2D eigenvalue weighted by molar-refractivity contribution is -0.385. The van der Waals surface area contributed by atoms with Gasteiger partial charge in [0.15, 0.2) is 11.5 Å². The predicted molar refractivity (Wildman–Crippen MR) is 86.0 cm³/mol. The van der Waals surface area contributed by atoms with Crippen LogP contribution in [-0.4, -0.2) is 30.9 Å². The Morgan fingerprint density at radius 2 is 2.22 bits per heavy atom. The quantitative estimate of drug-likeness (QED) is 0.662. The summed E-state index contributed by atoms with van der Waals surface area (Å²) in [6, 6.07) is 0.309. The molecule has 2 aromatic heterocycles. The van der Waals surface area contributed by atoms with Crippen molar-refractivity contribution in [3.8, 4) is 11.5 Å². The molecule has 2 aromatic rings. The number of aromatic nitrogens is 4. The molecule has 2 atom stereocenters. The highest BCUT2D eigenvalue weighted by Crippen LogP contribution is 2.30. The first kappa shape index (κ1) is 15.4. The molecular formula is C15H20N6O2. The first-order valence-electron chi connectivity index (χ1n) is 7.84. The molecule has 1 aliphatic rings. The largest absolute Gasteiger partial charge is 0.351 e. The topological polar surface area (TPSA) is 110 Å². The van der Waals surface area contributed by atoms with Gasteiger partial charge in [-0.2, -0.15) is 0 Å². The van der Waals surface area contributed by atoms with E-state index in [4.69, 9.17) is 0 Å². The van der Waals surface area contributed by atoms with Gasteiger partial charge in [-0.3, -0.25) is 10.1 Å². The molecule has 0 radical (unpaired) electrons. The van der Waals surface area contributed by atoms with Crippen LogP contribution in [0.4, 0.5) is 11.6 Å². The molecule has 0 aliphatic heterocycles. The molecule has 8 nitrogen and oxygen atoms in total. The molecule has 122 valence electrons. The van der Waals surface area contributed by atoms with Gasteiger partial charge < -0.3 is 10.3 Å². The molecule has 1 fully saturated rings. The maximum Gasteiger partial charge on any atom is 0.319 e. The van der Waals surface area contributed by atoms with Crippen LogP contribution in [0.15, 0.2) is 12.4 Å². The van der Waals surface area contributed by atoms with Crippen molar-refractivity contribution in [2.75, 3.05) is 5.32 Å². The number of hydrogen-bond acceptors (Lipinski definition) is 6. The second-order valence-corrected chi connectivity index (χ2v) is 6.14. The number of imidazole rings is 1. The lowest BCUT2D eigenvalue weighted by Gasteiger charge is -2.27. The van der Waals surface area contributed by atoms with E-state index in [9.17, 15) is 10.1 Å². The molecule has 1 saturated carbocycles. The highest BCUT2D eigenvalue weighted by Gasteiger charge is 2.26. The summed E-state index contributed by atoms with van der Waals surface area (Å²) in [5, 5.41) is 14.7. The molecule has 2 unspecified atom stereocenters. The molecule has 1 aliphatic carbocycles. The monoisotopic (exact) mass is 316 g/mol. The normalized spacial score (nSPS) is 21.1. The van der Waals surface area contributed by atoms with Gasteiger partial charge in [0.05, 0.1) is 4.92 Å². The van der Waals surface area contributed by atoms with E-state index in [0.29, 0.717) is 29.4 Å². The minimum absolute atomic E-state index is 0.109. The summed E-state index contributed by atoms with van der Waals surface area (Å²) >= 11 is 0. The van der Waals surface area contributed by atoms with Crippen molar-refractivity contribution in [2.24, 2.45) is 5.92 Å². The average Bonchev–Trinajstić information content (AvgIpc) is 3.00. The third-order valence-corrected chi connectivity index (χ3v) is 4.23. The van der Waals surface area contributed by atoms with Crippen molar-refractivity contribution in [1.82, 2.24) is 19.9 Å². The number of aryl methyl sites for hydroxylation is 1. The molecule has 23 heavy (non-hydrogen) atoms. The molecule has 0 spiro atoms. The van der Waals surface area contributed by atoms with Gasteiger partial charge in [-0.25, -0.2) is 15.0 Å². The molecule has 0 saturated heterocycles. The van der Waals surface area contributed by atoms with Crippen LogP contribution in [0.1, 0.15) is 38.3 Å². The fourth-order valence-electron chi connectivity index (χ4n) is 3.16. The fourth-order valence-corrected chi connectivity index (χ4v) is 3.16. The summed E-state index contributed by atoms with van der Waals surface area (Å²) in [5.74, 6) is 1.48. The SMILES string of the molecule is Cc1nc(NC2CCCC(C)C2)nc(-c2ncc[nH]2)c1[N+](=O)[O-]. The van der Waals surface area contributed by atoms with E-state index >= 15 is 0 Å². The Kier molecular flexibility index (Phi) is 4.22. The summed E-state index contributed by atoms with van der Waals surface area (Å²) < 4.78 is 0. The zero-order valence-electron chi connectivity index (χ0n) is 13.2. The van der Waals surface area contributed by atoms with Gasteiger partial charge in [0, 0.05) is 18.4 Å². The zero-order valence-corrected chi connectivity index (χ0v) is 13.2. The Labute approximate surface area is 133 Å². The molecule has 2 heterocycles. The Morgan fingerprint density at radius 3 is 2.87 bits per heavy atom. The van der Waals surface area contributed by atoms with Gasteiger partial charge in [-0.05, 0) is 25.7 Å². The number of H-pyrrole nitrogens is 1. The van der Waals surface area contributed by atoms with E-state index in [2.05, 4.69) is 32.2 Å².